The number of benzene rings is 2. The Morgan fingerprint density at radius 1 is 1.19 bits per heavy atom. The molecule has 2 aromatic carbocycles. The van der Waals surface area contributed by atoms with E-state index in [9.17, 15) is 12.8 Å². The summed E-state index contributed by atoms with van der Waals surface area (Å²) >= 11 is 1.49. The number of fused-ring (bicyclic) bond motifs is 1. The lowest BCUT2D eigenvalue weighted by atomic mass is 10.1. The third-order valence-electron chi connectivity index (χ3n) is 4.75. The number of anilines is 1. The van der Waals surface area contributed by atoms with Gasteiger partial charge in [0.1, 0.15) is 11.6 Å². The number of amidine groups is 1. The molecule has 2 heterocycles. The van der Waals surface area contributed by atoms with Crippen molar-refractivity contribution in [3.8, 4) is 5.75 Å². The molecule has 142 valence electrons. The Morgan fingerprint density at radius 3 is 2.63 bits per heavy atom. The van der Waals surface area contributed by atoms with Crippen molar-refractivity contribution in [3.05, 3.63) is 59.9 Å². The van der Waals surface area contributed by atoms with Crippen LogP contribution in [0.3, 0.4) is 0 Å². The summed E-state index contributed by atoms with van der Waals surface area (Å²) in [7, 11) is -1.53. The number of halogens is 1. The van der Waals surface area contributed by atoms with Gasteiger partial charge in [-0.3, -0.25) is 4.99 Å². The SMILES string of the molecule is COc1ccc(CSC2=N[C@@H]3CS(=O)(=O)C[C@H]3N2c2ccccc2F)cc1. The van der Waals surface area contributed by atoms with Gasteiger partial charge in [0.05, 0.1) is 36.4 Å². The van der Waals surface area contributed by atoms with Gasteiger partial charge in [0.2, 0.25) is 0 Å². The van der Waals surface area contributed by atoms with Gasteiger partial charge in [0.15, 0.2) is 15.0 Å². The van der Waals surface area contributed by atoms with Crippen LogP contribution in [0.25, 0.3) is 0 Å². The van der Waals surface area contributed by atoms with Gasteiger partial charge < -0.3 is 9.64 Å². The molecule has 0 aromatic heterocycles. The van der Waals surface area contributed by atoms with E-state index in [2.05, 4.69) is 4.99 Å². The summed E-state index contributed by atoms with van der Waals surface area (Å²) in [5.41, 5.74) is 1.46. The molecule has 0 radical (unpaired) electrons. The normalized spacial score (nSPS) is 23.2. The molecule has 2 aromatic rings. The van der Waals surface area contributed by atoms with Crippen LogP contribution in [-0.4, -0.2) is 44.3 Å². The van der Waals surface area contributed by atoms with E-state index in [1.807, 2.05) is 24.3 Å². The Hall–Kier alpha value is -2.06. The molecule has 0 bridgehead atoms. The number of aliphatic imine (C=N–C) groups is 1. The van der Waals surface area contributed by atoms with E-state index < -0.39 is 9.84 Å². The minimum atomic E-state index is -3.15. The Kier molecular flexibility index (Phi) is 4.86. The van der Waals surface area contributed by atoms with Gasteiger partial charge in [0.25, 0.3) is 0 Å². The number of thioether (sulfide) groups is 1. The fraction of sp³-hybridized carbons (Fsp3) is 0.316. The Balaban J connectivity index is 1.60. The maximum absolute atomic E-state index is 14.4. The van der Waals surface area contributed by atoms with Crippen molar-refractivity contribution in [1.82, 2.24) is 0 Å². The Bertz CT molecular complexity index is 977. The van der Waals surface area contributed by atoms with Crippen molar-refractivity contribution >= 4 is 32.5 Å². The van der Waals surface area contributed by atoms with Crippen molar-refractivity contribution in [1.29, 1.82) is 0 Å². The molecule has 0 unspecified atom stereocenters. The summed E-state index contributed by atoms with van der Waals surface area (Å²) in [6.07, 6.45) is 0. The lowest BCUT2D eigenvalue weighted by molar-refractivity contribution is 0.414. The van der Waals surface area contributed by atoms with E-state index in [4.69, 9.17) is 4.74 Å². The maximum Gasteiger partial charge on any atom is 0.164 e. The summed E-state index contributed by atoms with van der Waals surface area (Å²) in [5.74, 6) is 1.09. The minimum Gasteiger partial charge on any atom is -0.497 e. The molecule has 0 spiro atoms. The average Bonchev–Trinajstić information content (AvgIpc) is 3.12. The first-order valence-corrected chi connectivity index (χ1v) is 11.4. The summed E-state index contributed by atoms with van der Waals surface area (Å²) in [6.45, 7) is 0. The first-order chi connectivity index (χ1) is 13.0. The zero-order valence-corrected chi connectivity index (χ0v) is 16.3. The van der Waals surface area contributed by atoms with Crippen LogP contribution in [0.5, 0.6) is 5.75 Å². The number of nitrogens with zero attached hydrogens (tertiary/aromatic N) is 2. The lowest BCUT2D eigenvalue weighted by Crippen LogP contribution is -2.39. The van der Waals surface area contributed by atoms with E-state index in [0.717, 1.165) is 11.3 Å². The molecule has 8 heteroatoms. The summed E-state index contributed by atoms with van der Waals surface area (Å²) in [5, 5.41) is 0.667. The van der Waals surface area contributed by atoms with Crippen LogP contribution >= 0.6 is 11.8 Å². The molecule has 0 amide bonds. The topological polar surface area (TPSA) is 59.0 Å². The highest BCUT2D eigenvalue weighted by Crippen LogP contribution is 2.37. The standard InChI is InChI=1S/C19H19FN2O3S2/c1-25-14-8-6-13(7-9-14)10-26-19-21-16-11-27(23,24)12-18(16)22(19)17-5-3-2-4-15(17)20/h2-9,16,18H,10-12H2,1H3/t16-,18-/m1/s1. The number of methoxy groups -OCH3 is 1. The second-order valence-electron chi connectivity index (χ2n) is 6.58. The zero-order chi connectivity index (χ0) is 19.0. The largest absolute Gasteiger partial charge is 0.497 e. The summed E-state index contributed by atoms with van der Waals surface area (Å²) < 4.78 is 43.7. The Morgan fingerprint density at radius 2 is 1.93 bits per heavy atom. The predicted molar refractivity (Wildman–Crippen MR) is 107 cm³/mol. The highest BCUT2D eigenvalue weighted by atomic mass is 32.2. The van der Waals surface area contributed by atoms with E-state index in [1.54, 1.807) is 30.2 Å². The monoisotopic (exact) mass is 406 g/mol. The van der Waals surface area contributed by atoms with Crippen LogP contribution in [0.2, 0.25) is 0 Å². The first kappa shape index (κ1) is 18.3. The highest BCUT2D eigenvalue weighted by Gasteiger charge is 2.47. The van der Waals surface area contributed by atoms with E-state index in [1.165, 1.54) is 17.8 Å². The van der Waals surface area contributed by atoms with Gasteiger partial charge in [-0.2, -0.15) is 0 Å². The van der Waals surface area contributed by atoms with E-state index in [0.29, 0.717) is 16.6 Å². The quantitative estimate of drug-likeness (QED) is 0.781. The predicted octanol–water partition coefficient (Wildman–Crippen LogP) is 3.11. The number of sulfone groups is 1. The lowest BCUT2D eigenvalue weighted by Gasteiger charge is -2.26. The average molecular weight is 407 g/mol. The molecule has 4 rings (SSSR count). The van der Waals surface area contributed by atoms with Gasteiger partial charge in [-0.15, -0.1) is 0 Å². The van der Waals surface area contributed by atoms with Crippen molar-refractivity contribution in [3.63, 3.8) is 0 Å². The van der Waals surface area contributed by atoms with Crippen molar-refractivity contribution in [2.75, 3.05) is 23.5 Å². The molecule has 5 nitrogen and oxygen atoms in total. The van der Waals surface area contributed by atoms with Gasteiger partial charge in [-0.25, -0.2) is 12.8 Å². The van der Waals surface area contributed by atoms with Gasteiger partial charge in [0, 0.05) is 5.75 Å². The van der Waals surface area contributed by atoms with Crippen LogP contribution in [0.15, 0.2) is 53.5 Å². The van der Waals surface area contributed by atoms with Crippen LogP contribution in [-0.2, 0) is 15.6 Å². The van der Waals surface area contributed by atoms with Crippen LogP contribution < -0.4 is 9.64 Å². The second kappa shape index (κ2) is 7.16. The van der Waals surface area contributed by atoms with Gasteiger partial charge in [-0.1, -0.05) is 36.0 Å². The molecular weight excluding hydrogens is 387 g/mol. The molecule has 2 aliphatic rings. The van der Waals surface area contributed by atoms with Crippen LogP contribution in [0, 0.1) is 5.82 Å². The molecule has 27 heavy (non-hydrogen) atoms. The molecule has 2 atom stereocenters. The molecule has 0 aliphatic carbocycles. The van der Waals surface area contributed by atoms with Gasteiger partial charge >= 0.3 is 0 Å². The molecule has 1 fully saturated rings. The molecule has 0 saturated carbocycles. The van der Waals surface area contributed by atoms with Crippen LogP contribution in [0.1, 0.15) is 5.56 Å². The molecular formula is C19H19FN2O3S2. The van der Waals surface area contributed by atoms with Gasteiger partial charge in [-0.05, 0) is 29.8 Å². The van der Waals surface area contributed by atoms with E-state index >= 15 is 0 Å². The fourth-order valence-corrected chi connectivity index (χ4v) is 6.35. The number of ether oxygens (including phenoxy) is 1. The third kappa shape index (κ3) is 3.68. The van der Waals surface area contributed by atoms with Crippen molar-refractivity contribution in [2.45, 2.75) is 17.8 Å². The number of hydrogen-bond acceptors (Lipinski definition) is 6. The number of para-hydroxylation sites is 1. The summed E-state index contributed by atoms with van der Waals surface area (Å²) in [4.78, 5) is 6.39. The minimum absolute atomic E-state index is 0.00208. The number of rotatable bonds is 4. The van der Waals surface area contributed by atoms with Crippen molar-refractivity contribution < 1.29 is 17.5 Å². The zero-order valence-electron chi connectivity index (χ0n) is 14.7. The number of hydrogen-bond donors (Lipinski definition) is 0. The highest BCUT2D eigenvalue weighted by molar-refractivity contribution is 8.13. The molecule has 2 aliphatic heterocycles. The summed E-state index contributed by atoms with van der Waals surface area (Å²) in [6, 6.07) is 13.5. The van der Waals surface area contributed by atoms with Crippen molar-refractivity contribution in [2.24, 2.45) is 4.99 Å². The maximum atomic E-state index is 14.4. The Labute approximate surface area is 162 Å². The first-order valence-electron chi connectivity index (χ1n) is 8.54. The van der Waals surface area contributed by atoms with Crippen LogP contribution in [0.4, 0.5) is 10.1 Å². The molecule has 1 saturated heterocycles. The third-order valence-corrected chi connectivity index (χ3v) is 7.48. The van der Waals surface area contributed by atoms with E-state index in [-0.39, 0.29) is 29.4 Å². The second-order valence-corrected chi connectivity index (χ2v) is 9.68. The molecule has 0 N–H and O–H groups in total. The fourth-order valence-electron chi connectivity index (χ4n) is 3.43. The smallest absolute Gasteiger partial charge is 0.164 e.